The smallest absolute Gasteiger partial charge is 0.292 e. The summed E-state index contributed by atoms with van der Waals surface area (Å²) in [6.07, 6.45) is 1.87. The van der Waals surface area contributed by atoms with Gasteiger partial charge in [0.15, 0.2) is 0 Å². The second kappa shape index (κ2) is 7.24. The molecule has 1 aliphatic heterocycles. The monoisotopic (exact) mass is 314 g/mol. The Hall–Kier alpha value is -1.86. The number of piperidine rings is 1. The molecule has 1 heterocycles. The number of anilines is 1. The van der Waals surface area contributed by atoms with Crippen molar-refractivity contribution in [3.63, 3.8) is 0 Å². The number of nitrogen functional groups attached to an aromatic ring is 1. The van der Waals surface area contributed by atoms with E-state index in [-0.39, 0.29) is 47.3 Å². The van der Waals surface area contributed by atoms with Crippen molar-refractivity contribution in [2.24, 2.45) is 0 Å². The van der Waals surface area contributed by atoms with Gasteiger partial charge in [0.25, 0.3) is 11.6 Å². The molecule has 116 valence electrons. The minimum absolute atomic E-state index is 0. The van der Waals surface area contributed by atoms with Crippen LogP contribution in [0.4, 0.5) is 11.4 Å². The van der Waals surface area contributed by atoms with E-state index < -0.39 is 4.92 Å². The first-order valence-corrected chi connectivity index (χ1v) is 6.58. The number of rotatable bonds is 3. The Morgan fingerprint density at radius 3 is 2.86 bits per heavy atom. The number of benzene rings is 1. The van der Waals surface area contributed by atoms with E-state index in [4.69, 9.17) is 5.73 Å². The molecule has 8 heteroatoms. The van der Waals surface area contributed by atoms with Crippen molar-refractivity contribution in [1.29, 1.82) is 0 Å². The van der Waals surface area contributed by atoms with Crippen LogP contribution in [0.25, 0.3) is 0 Å². The topological polar surface area (TPSA) is 110 Å². The van der Waals surface area contributed by atoms with Gasteiger partial charge >= 0.3 is 0 Å². The maximum atomic E-state index is 12.2. The van der Waals surface area contributed by atoms with Gasteiger partial charge in [0.05, 0.1) is 10.5 Å². The summed E-state index contributed by atoms with van der Waals surface area (Å²) >= 11 is 0. The summed E-state index contributed by atoms with van der Waals surface area (Å²) in [7, 11) is 0. The zero-order chi connectivity index (χ0) is 14.7. The summed E-state index contributed by atoms with van der Waals surface area (Å²) in [4.78, 5) is 22.4. The van der Waals surface area contributed by atoms with Gasteiger partial charge in [-0.25, -0.2) is 0 Å². The average Bonchev–Trinajstić information content (AvgIpc) is 2.41. The molecule has 0 aliphatic carbocycles. The number of halogens is 1. The lowest BCUT2D eigenvalue weighted by molar-refractivity contribution is -0.383. The molecule has 0 aromatic heterocycles. The number of para-hydroxylation sites is 1. The van der Waals surface area contributed by atoms with Gasteiger partial charge in [-0.1, -0.05) is 6.07 Å². The number of nitrogens with one attached hydrogen (secondary N) is 2. The molecule has 21 heavy (non-hydrogen) atoms. The summed E-state index contributed by atoms with van der Waals surface area (Å²) in [5, 5.41) is 17.0. The molecule has 1 amide bonds. The third kappa shape index (κ3) is 3.83. The molecule has 0 bridgehead atoms. The number of hydrogen-bond donors (Lipinski definition) is 3. The first kappa shape index (κ1) is 17.2. The van der Waals surface area contributed by atoms with E-state index >= 15 is 0 Å². The van der Waals surface area contributed by atoms with Gasteiger partial charge in [-0.15, -0.1) is 12.4 Å². The molecule has 1 aromatic rings. The number of nitrogens with two attached hydrogens (primary N) is 1. The van der Waals surface area contributed by atoms with Crippen LogP contribution >= 0.6 is 12.4 Å². The highest BCUT2D eigenvalue weighted by atomic mass is 35.5. The quantitative estimate of drug-likeness (QED) is 0.444. The maximum Gasteiger partial charge on any atom is 0.292 e. The Labute approximate surface area is 128 Å². The highest BCUT2D eigenvalue weighted by Crippen LogP contribution is 2.25. The normalized spacial score (nSPS) is 21.2. The van der Waals surface area contributed by atoms with Gasteiger partial charge in [0.2, 0.25) is 0 Å². The van der Waals surface area contributed by atoms with Gasteiger partial charge in [-0.2, -0.15) is 0 Å². The van der Waals surface area contributed by atoms with E-state index in [1.807, 2.05) is 6.92 Å². The minimum Gasteiger partial charge on any atom is -0.393 e. The van der Waals surface area contributed by atoms with Crippen LogP contribution in [0.2, 0.25) is 0 Å². The molecule has 1 aliphatic rings. The summed E-state index contributed by atoms with van der Waals surface area (Å²) in [6, 6.07) is 4.43. The van der Waals surface area contributed by atoms with Gasteiger partial charge in [-0.05, 0) is 32.4 Å². The molecular weight excluding hydrogens is 296 g/mol. The number of hydrogen-bond acceptors (Lipinski definition) is 5. The molecule has 4 N–H and O–H groups in total. The van der Waals surface area contributed by atoms with E-state index in [0.29, 0.717) is 0 Å². The molecule has 1 saturated heterocycles. The first-order valence-electron chi connectivity index (χ1n) is 6.58. The molecule has 0 spiro atoms. The van der Waals surface area contributed by atoms with Crippen molar-refractivity contribution in [3.05, 3.63) is 33.9 Å². The molecule has 7 nitrogen and oxygen atoms in total. The van der Waals surface area contributed by atoms with Crippen molar-refractivity contribution < 1.29 is 9.72 Å². The maximum absolute atomic E-state index is 12.2. The van der Waals surface area contributed by atoms with Gasteiger partial charge in [0, 0.05) is 18.2 Å². The predicted molar refractivity (Wildman–Crippen MR) is 82.7 cm³/mol. The van der Waals surface area contributed by atoms with Crippen LogP contribution in [-0.4, -0.2) is 29.5 Å². The van der Waals surface area contributed by atoms with Gasteiger partial charge in [0.1, 0.15) is 5.69 Å². The van der Waals surface area contributed by atoms with Crippen LogP contribution in [0.5, 0.6) is 0 Å². The lowest BCUT2D eigenvalue weighted by Gasteiger charge is -2.30. The Morgan fingerprint density at radius 1 is 1.52 bits per heavy atom. The third-order valence-corrected chi connectivity index (χ3v) is 3.60. The van der Waals surface area contributed by atoms with Crippen LogP contribution in [0.3, 0.4) is 0 Å². The SMILES string of the molecule is CC1NCCCC1NC(=O)c1cccc([N+](=O)[O-])c1N.Cl. The van der Waals surface area contributed by atoms with Crippen molar-refractivity contribution in [3.8, 4) is 0 Å². The minimum atomic E-state index is -0.586. The molecule has 1 fully saturated rings. The van der Waals surface area contributed by atoms with E-state index in [1.54, 1.807) is 0 Å². The van der Waals surface area contributed by atoms with Crippen molar-refractivity contribution in [2.75, 3.05) is 12.3 Å². The number of carbonyl (C=O) groups is 1. The Bertz CT molecular complexity index is 538. The summed E-state index contributed by atoms with van der Waals surface area (Å²) in [6.45, 7) is 2.94. The number of carbonyl (C=O) groups excluding carboxylic acids is 1. The highest BCUT2D eigenvalue weighted by molar-refractivity contribution is 6.01. The van der Waals surface area contributed by atoms with Gasteiger partial charge in [-0.3, -0.25) is 14.9 Å². The van der Waals surface area contributed by atoms with Crippen molar-refractivity contribution >= 4 is 29.7 Å². The second-order valence-corrected chi connectivity index (χ2v) is 4.96. The number of nitro benzene ring substituents is 1. The zero-order valence-electron chi connectivity index (χ0n) is 11.7. The fourth-order valence-corrected chi connectivity index (χ4v) is 2.40. The highest BCUT2D eigenvalue weighted by Gasteiger charge is 2.25. The standard InChI is InChI=1S/C13H18N4O3.ClH/c1-8-10(5-3-7-15-8)16-13(18)9-4-2-6-11(12(9)14)17(19)20;/h2,4,6,8,10,15H,3,5,7,14H2,1H3,(H,16,18);1H. The molecule has 2 rings (SSSR count). The Kier molecular flexibility index (Phi) is 5.92. The largest absolute Gasteiger partial charge is 0.393 e. The van der Waals surface area contributed by atoms with Crippen LogP contribution in [0.1, 0.15) is 30.1 Å². The second-order valence-electron chi connectivity index (χ2n) is 4.96. The van der Waals surface area contributed by atoms with Crippen LogP contribution in [0, 0.1) is 10.1 Å². The number of amides is 1. The molecule has 0 saturated carbocycles. The summed E-state index contributed by atoms with van der Waals surface area (Å²) in [5.41, 5.74) is 5.52. The number of nitrogens with zero attached hydrogens (tertiary/aromatic N) is 1. The predicted octanol–water partition coefficient (Wildman–Crippen LogP) is 1.47. The zero-order valence-corrected chi connectivity index (χ0v) is 12.5. The fourth-order valence-electron chi connectivity index (χ4n) is 2.40. The van der Waals surface area contributed by atoms with Crippen LogP contribution < -0.4 is 16.4 Å². The van der Waals surface area contributed by atoms with Crippen molar-refractivity contribution in [2.45, 2.75) is 31.8 Å². The van der Waals surface area contributed by atoms with Crippen molar-refractivity contribution in [1.82, 2.24) is 10.6 Å². The van der Waals surface area contributed by atoms with E-state index in [9.17, 15) is 14.9 Å². The lowest BCUT2D eigenvalue weighted by Crippen LogP contribution is -2.52. The average molecular weight is 315 g/mol. The molecule has 2 atom stereocenters. The van der Waals surface area contributed by atoms with Crippen LogP contribution in [0.15, 0.2) is 18.2 Å². The molecule has 0 radical (unpaired) electrons. The summed E-state index contributed by atoms with van der Waals surface area (Å²) in [5.74, 6) is -0.369. The Balaban J connectivity index is 0.00000220. The van der Waals surface area contributed by atoms with E-state index in [1.165, 1.54) is 18.2 Å². The van der Waals surface area contributed by atoms with Crippen LogP contribution in [-0.2, 0) is 0 Å². The molecular formula is C13H19ClN4O3. The summed E-state index contributed by atoms with van der Waals surface area (Å²) < 4.78 is 0. The fraction of sp³-hybridized carbons (Fsp3) is 0.462. The first-order chi connectivity index (χ1) is 9.50. The van der Waals surface area contributed by atoms with E-state index in [2.05, 4.69) is 10.6 Å². The molecule has 2 unspecified atom stereocenters. The lowest BCUT2D eigenvalue weighted by atomic mass is 9.99. The van der Waals surface area contributed by atoms with E-state index in [0.717, 1.165) is 19.4 Å². The molecule has 1 aromatic carbocycles. The van der Waals surface area contributed by atoms with Gasteiger partial charge < -0.3 is 16.4 Å². The number of nitro groups is 1. The Morgan fingerprint density at radius 2 is 2.24 bits per heavy atom. The third-order valence-electron chi connectivity index (χ3n) is 3.60.